The van der Waals surface area contributed by atoms with Gasteiger partial charge >= 0.3 is 0 Å². The Balaban J connectivity index is 1.80. The normalized spacial score (nSPS) is 15.5. The average molecular weight is 429 g/mol. The first-order chi connectivity index (χ1) is 12.9. The molecule has 1 aliphatic rings. The van der Waals surface area contributed by atoms with Gasteiger partial charge < -0.3 is 10.1 Å². The largest absolute Gasteiger partial charge is 0.379 e. The van der Waals surface area contributed by atoms with E-state index in [9.17, 15) is 13.2 Å². The number of carbonyl (C=O) groups is 1. The molecule has 0 radical (unpaired) electrons. The molecule has 1 N–H and O–H groups in total. The number of amides is 1. The minimum Gasteiger partial charge on any atom is -0.379 e. The number of rotatable bonds is 5. The Labute approximate surface area is 168 Å². The highest BCUT2D eigenvalue weighted by molar-refractivity contribution is 7.89. The lowest BCUT2D eigenvalue weighted by atomic mass is 10.2. The van der Waals surface area contributed by atoms with Gasteiger partial charge in [0.15, 0.2) is 0 Å². The standard InChI is InChI=1S/C18H18Cl2N2O4S/c19-15-4-2-1-3-14(15)12-21-18(23)13-5-6-16(20)17(11-13)27(24,25)22-7-9-26-10-8-22/h1-6,11H,7-10,12H2,(H,21,23). The molecule has 0 atom stereocenters. The lowest BCUT2D eigenvalue weighted by Crippen LogP contribution is -2.40. The van der Waals surface area contributed by atoms with E-state index in [-0.39, 0.29) is 35.1 Å². The Morgan fingerprint density at radius 2 is 1.78 bits per heavy atom. The SMILES string of the molecule is O=C(NCc1ccccc1Cl)c1ccc(Cl)c(S(=O)(=O)N2CCOCC2)c1. The molecule has 0 bridgehead atoms. The molecule has 144 valence electrons. The molecule has 9 heteroatoms. The third-order valence-corrected chi connectivity index (χ3v) is 6.93. The van der Waals surface area contributed by atoms with Gasteiger partial charge in [-0.1, -0.05) is 41.4 Å². The lowest BCUT2D eigenvalue weighted by Gasteiger charge is -2.26. The molecule has 1 saturated heterocycles. The Kier molecular flexibility index (Phi) is 6.39. The minimum absolute atomic E-state index is 0.0733. The Bertz CT molecular complexity index is 944. The smallest absolute Gasteiger partial charge is 0.251 e. The van der Waals surface area contributed by atoms with E-state index in [1.165, 1.54) is 22.5 Å². The fourth-order valence-corrected chi connectivity index (χ4v) is 4.80. The third kappa shape index (κ3) is 4.62. The molecule has 2 aromatic carbocycles. The van der Waals surface area contributed by atoms with Gasteiger partial charge in [-0.25, -0.2) is 8.42 Å². The summed E-state index contributed by atoms with van der Waals surface area (Å²) in [5, 5.41) is 3.36. The first-order valence-electron chi connectivity index (χ1n) is 8.28. The predicted molar refractivity (Wildman–Crippen MR) is 104 cm³/mol. The maximum atomic E-state index is 12.8. The number of sulfonamides is 1. The van der Waals surface area contributed by atoms with Crippen LogP contribution in [0.4, 0.5) is 0 Å². The van der Waals surface area contributed by atoms with Crippen molar-refractivity contribution in [1.29, 1.82) is 0 Å². The second-order valence-electron chi connectivity index (χ2n) is 5.94. The molecular formula is C18H18Cl2N2O4S. The van der Waals surface area contributed by atoms with E-state index in [4.69, 9.17) is 27.9 Å². The number of carbonyl (C=O) groups excluding carboxylic acids is 1. The van der Waals surface area contributed by atoms with Gasteiger partial charge in [0.2, 0.25) is 10.0 Å². The van der Waals surface area contributed by atoms with Crippen molar-refractivity contribution in [2.24, 2.45) is 0 Å². The van der Waals surface area contributed by atoms with Crippen LogP contribution in [0.1, 0.15) is 15.9 Å². The van der Waals surface area contributed by atoms with E-state index in [1.807, 2.05) is 6.07 Å². The van der Waals surface area contributed by atoms with Crippen LogP contribution in [-0.2, 0) is 21.3 Å². The van der Waals surface area contributed by atoms with Crippen molar-refractivity contribution in [3.05, 3.63) is 63.6 Å². The number of morpholine rings is 1. The van der Waals surface area contributed by atoms with Crippen molar-refractivity contribution in [3.63, 3.8) is 0 Å². The number of hydrogen-bond donors (Lipinski definition) is 1. The minimum atomic E-state index is -3.80. The van der Waals surface area contributed by atoms with Gasteiger partial charge in [0.1, 0.15) is 4.90 Å². The first kappa shape index (κ1) is 20.1. The molecule has 1 aliphatic heterocycles. The second kappa shape index (κ2) is 8.58. The van der Waals surface area contributed by atoms with Gasteiger partial charge in [0, 0.05) is 30.2 Å². The van der Waals surface area contributed by atoms with E-state index in [1.54, 1.807) is 18.2 Å². The monoisotopic (exact) mass is 428 g/mol. The van der Waals surface area contributed by atoms with Crippen LogP contribution in [0.25, 0.3) is 0 Å². The summed E-state index contributed by atoms with van der Waals surface area (Å²) in [5.41, 5.74) is 0.973. The summed E-state index contributed by atoms with van der Waals surface area (Å²) < 4.78 is 32.2. The number of nitrogens with zero attached hydrogens (tertiary/aromatic N) is 1. The molecule has 0 saturated carbocycles. The maximum absolute atomic E-state index is 12.8. The fraction of sp³-hybridized carbons (Fsp3) is 0.278. The Morgan fingerprint density at radius 3 is 2.48 bits per heavy atom. The van der Waals surface area contributed by atoms with Crippen molar-refractivity contribution in [3.8, 4) is 0 Å². The zero-order valence-corrected chi connectivity index (χ0v) is 16.6. The van der Waals surface area contributed by atoms with Crippen molar-refractivity contribution >= 4 is 39.1 Å². The number of nitrogens with one attached hydrogen (secondary N) is 1. The number of hydrogen-bond acceptors (Lipinski definition) is 4. The van der Waals surface area contributed by atoms with Crippen molar-refractivity contribution < 1.29 is 17.9 Å². The molecule has 0 spiro atoms. The van der Waals surface area contributed by atoms with Crippen LogP contribution in [0.3, 0.4) is 0 Å². The molecule has 1 amide bonds. The summed E-state index contributed by atoms with van der Waals surface area (Å²) in [4.78, 5) is 12.4. The highest BCUT2D eigenvalue weighted by Crippen LogP contribution is 2.26. The zero-order valence-electron chi connectivity index (χ0n) is 14.3. The molecule has 27 heavy (non-hydrogen) atoms. The zero-order chi connectivity index (χ0) is 19.4. The Morgan fingerprint density at radius 1 is 1.07 bits per heavy atom. The summed E-state index contributed by atoms with van der Waals surface area (Å²) >= 11 is 12.2. The average Bonchev–Trinajstić information content (AvgIpc) is 2.68. The summed E-state index contributed by atoms with van der Waals surface area (Å²) in [5.74, 6) is -0.412. The van der Waals surface area contributed by atoms with E-state index < -0.39 is 15.9 Å². The van der Waals surface area contributed by atoms with Gasteiger partial charge in [-0.3, -0.25) is 4.79 Å². The molecule has 2 aromatic rings. The number of halogens is 2. The molecule has 3 rings (SSSR count). The van der Waals surface area contributed by atoms with Crippen LogP contribution in [0.15, 0.2) is 47.4 Å². The molecule has 0 aromatic heterocycles. The van der Waals surface area contributed by atoms with Gasteiger partial charge in [-0.15, -0.1) is 0 Å². The van der Waals surface area contributed by atoms with Crippen molar-refractivity contribution in [2.75, 3.05) is 26.3 Å². The summed E-state index contributed by atoms with van der Waals surface area (Å²) in [6.45, 7) is 1.39. The quantitative estimate of drug-likeness (QED) is 0.793. The molecule has 6 nitrogen and oxygen atoms in total. The third-order valence-electron chi connectivity index (χ3n) is 4.18. The van der Waals surface area contributed by atoms with Crippen LogP contribution in [0, 0.1) is 0 Å². The van der Waals surface area contributed by atoms with Crippen molar-refractivity contribution in [2.45, 2.75) is 11.4 Å². The number of benzene rings is 2. The molecule has 1 fully saturated rings. The van der Waals surface area contributed by atoms with E-state index in [2.05, 4.69) is 5.32 Å². The summed E-state index contributed by atoms with van der Waals surface area (Å²) in [6.07, 6.45) is 0. The van der Waals surface area contributed by atoms with Crippen LogP contribution < -0.4 is 5.32 Å². The van der Waals surface area contributed by atoms with Crippen LogP contribution >= 0.6 is 23.2 Å². The summed E-state index contributed by atoms with van der Waals surface area (Å²) in [7, 11) is -3.80. The van der Waals surface area contributed by atoms with Crippen LogP contribution in [-0.4, -0.2) is 44.9 Å². The highest BCUT2D eigenvalue weighted by Gasteiger charge is 2.29. The Hall–Kier alpha value is -1.64. The van der Waals surface area contributed by atoms with E-state index in [0.717, 1.165) is 5.56 Å². The lowest BCUT2D eigenvalue weighted by molar-refractivity contribution is 0.0730. The van der Waals surface area contributed by atoms with Gasteiger partial charge in [-0.2, -0.15) is 4.31 Å². The van der Waals surface area contributed by atoms with E-state index in [0.29, 0.717) is 18.2 Å². The molecule has 1 heterocycles. The number of ether oxygens (including phenoxy) is 1. The van der Waals surface area contributed by atoms with Gasteiger partial charge in [-0.05, 0) is 29.8 Å². The molecule has 0 unspecified atom stereocenters. The predicted octanol–water partition coefficient (Wildman–Crippen LogP) is 2.94. The topological polar surface area (TPSA) is 75.7 Å². The van der Waals surface area contributed by atoms with Crippen LogP contribution in [0.5, 0.6) is 0 Å². The molecule has 0 aliphatic carbocycles. The van der Waals surface area contributed by atoms with Gasteiger partial charge in [0.25, 0.3) is 5.91 Å². The van der Waals surface area contributed by atoms with Crippen molar-refractivity contribution in [1.82, 2.24) is 9.62 Å². The molecular weight excluding hydrogens is 411 g/mol. The summed E-state index contributed by atoms with van der Waals surface area (Å²) in [6, 6.07) is 11.4. The van der Waals surface area contributed by atoms with Gasteiger partial charge in [0.05, 0.1) is 18.2 Å². The van der Waals surface area contributed by atoms with E-state index >= 15 is 0 Å². The highest BCUT2D eigenvalue weighted by atomic mass is 35.5. The maximum Gasteiger partial charge on any atom is 0.251 e. The second-order valence-corrected chi connectivity index (χ2v) is 8.66. The first-order valence-corrected chi connectivity index (χ1v) is 10.5. The fourth-order valence-electron chi connectivity index (χ4n) is 2.69. The van der Waals surface area contributed by atoms with Crippen LogP contribution in [0.2, 0.25) is 10.0 Å².